The number of hydrogen-bond donors (Lipinski definition) is 2. The number of hydrogen-bond acceptors (Lipinski definition) is 2. The highest BCUT2D eigenvalue weighted by Gasteiger charge is 2.07. The zero-order chi connectivity index (χ0) is 13.5. The third kappa shape index (κ3) is 4.05. The lowest BCUT2D eigenvalue weighted by atomic mass is 9.98. The standard InChI is InChI=1S/C17H24N2/c1-2-3-4-9-17(19-18)13-14-10-11-15-7-5-6-8-16(15)12-14/h5-8,10-12,17,19H,2-4,9,13,18H2,1H3. The molecule has 0 aromatic heterocycles. The summed E-state index contributed by atoms with van der Waals surface area (Å²) >= 11 is 0. The maximum atomic E-state index is 5.67. The van der Waals surface area contributed by atoms with Crippen LogP contribution in [-0.4, -0.2) is 6.04 Å². The van der Waals surface area contributed by atoms with Gasteiger partial charge in [-0.2, -0.15) is 0 Å². The van der Waals surface area contributed by atoms with Crippen molar-refractivity contribution in [2.45, 2.75) is 45.1 Å². The number of hydrazine groups is 1. The fraction of sp³-hybridized carbons (Fsp3) is 0.412. The molecule has 2 aromatic rings. The summed E-state index contributed by atoms with van der Waals surface area (Å²) in [5.74, 6) is 5.67. The lowest BCUT2D eigenvalue weighted by Crippen LogP contribution is -2.36. The van der Waals surface area contributed by atoms with Gasteiger partial charge >= 0.3 is 0 Å². The number of rotatable bonds is 7. The predicted molar refractivity (Wildman–Crippen MR) is 82.9 cm³/mol. The molecule has 0 saturated heterocycles. The van der Waals surface area contributed by atoms with Crippen molar-refractivity contribution in [3.8, 4) is 0 Å². The molecular formula is C17H24N2. The number of nitrogens with one attached hydrogen (secondary N) is 1. The highest BCUT2D eigenvalue weighted by molar-refractivity contribution is 5.82. The fourth-order valence-corrected chi connectivity index (χ4v) is 2.54. The Hall–Kier alpha value is -1.38. The van der Waals surface area contributed by atoms with Gasteiger partial charge in [0.25, 0.3) is 0 Å². The lowest BCUT2D eigenvalue weighted by Gasteiger charge is -2.16. The van der Waals surface area contributed by atoms with Crippen LogP contribution in [0.5, 0.6) is 0 Å². The van der Waals surface area contributed by atoms with Gasteiger partial charge in [-0.05, 0) is 29.2 Å². The first kappa shape index (κ1) is 14.0. The molecule has 0 radical (unpaired) electrons. The van der Waals surface area contributed by atoms with Gasteiger partial charge in [-0.15, -0.1) is 0 Å². The van der Waals surface area contributed by atoms with E-state index in [9.17, 15) is 0 Å². The summed E-state index contributed by atoms with van der Waals surface area (Å²) in [5.41, 5.74) is 4.32. The average molecular weight is 256 g/mol. The molecule has 0 heterocycles. The molecule has 19 heavy (non-hydrogen) atoms. The molecule has 2 heteroatoms. The van der Waals surface area contributed by atoms with E-state index in [-0.39, 0.29) is 0 Å². The molecule has 0 spiro atoms. The van der Waals surface area contributed by atoms with Crippen molar-refractivity contribution < 1.29 is 0 Å². The van der Waals surface area contributed by atoms with E-state index >= 15 is 0 Å². The summed E-state index contributed by atoms with van der Waals surface area (Å²) in [6.45, 7) is 2.23. The van der Waals surface area contributed by atoms with Gasteiger partial charge in [0.15, 0.2) is 0 Å². The van der Waals surface area contributed by atoms with E-state index in [2.05, 4.69) is 54.8 Å². The summed E-state index contributed by atoms with van der Waals surface area (Å²) in [5, 5.41) is 2.61. The molecule has 0 aliphatic rings. The van der Waals surface area contributed by atoms with Crippen LogP contribution in [0.4, 0.5) is 0 Å². The van der Waals surface area contributed by atoms with Crippen molar-refractivity contribution in [3.05, 3.63) is 48.0 Å². The molecule has 3 N–H and O–H groups in total. The Morgan fingerprint density at radius 3 is 2.58 bits per heavy atom. The van der Waals surface area contributed by atoms with Gasteiger partial charge < -0.3 is 0 Å². The Morgan fingerprint density at radius 2 is 1.84 bits per heavy atom. The van der Waals surface area contributed by atoms with E-state index < -0.39 is 0 Å². The second kappa shape index (κ2) is 7.27. The zero-order valence-corrected chi connectivity index (χ0v) is 11.7. The Balaban J connectivity index is 2.02. The number of unbranched alkanes of at least 4 members (excludes halogenated alkanes) is 2. The van der Waals surface area contributed by atoms with Crippen molar-refractivity contribution in [2.75, 3.05) is 0 Å². The average Bonchev–Trinajstić information content (AvgIpc) is 2.46. The Labute approximate surface area is 116 Å². The molecular weight excluding hydrogens is 232 g/mol. The molecule has 0 bridgehead atoms. The summed E-state index contributed by atoms with van der Waals surface area (Å²) in [7, 11) is 0. The highest BCUT2D eigenvalue weighted by atomic mass is 15.2. The van der Waals surface area contributed by atoms with Gasteiger partial charge in [0.05, 0.1) is 0 Å². The lowest BCUT2D eigenvalue weighted by molar-refractivity contribution is 0.467. The molecule has 2 nitrogen and oxygen atoms in total. The van der Waals surface area contributed by atoms with Crippen LogP contribution in [0.25, 0.3) is 10.8 Å². The summed E-state index contributed by atoms with van der Waals surface area (Å²) in [6, 6.07) is 15.6. The number of benzene rings is 2. The summed E-state index contributed by atoms with van der Waals surface area (Å²) < 4.78 is 0. The van der Waals surface area contributed by atoms with Crippen LogP contribution in [-0.2, 0) is 6.42 Å². The van der Waals surface area contributed by atoms with Crippen LogP contribution >= 0.6 is 0 Å². The Morgan fingerprint density at radius 1 is 1.05 bits per heavy atom. The minimum Gasteiger partial charge on any atom is -0.271 e. The first-order valence-corrected chi connectivity index (χ1v) is 7.27. The topological polar surface area (TPSA) is 38.0 Å². The van der Waals surface area contributed by atoms with E-state index in [4.69, 9.17) is 5.84 Å². The smallest absolute Gasteiger partial charge is 0.0250 e. The quantitative estimate of drug-likeness (QED) is 0.449. The van der Waals surface area contributed by atoms with Crippen LogP contribution in [0.2, 0.25) is 0 Å². The molecule has 0 saturated carbocycles. The minimum absolute atomic E-state index is 0.382. The van der Waals surface area contributed by atoms with Gasteiger partial charge in [-0.1, -0.05) is 68.7 Å². The van der Waals surface area contributed by atoms with Crippen molar-refractivity contribution in [3.63, 3.8) is 0 Å². The first-order valence-electron chi connectivity index (χ1n) is 7.27. The third-order valence-corrected chi connectivity index (χ3v) is 3.69. The predicted octanol–water partition coefficient (Wildman–Crippen LogP) is 3.79. The maximum absolute atomic E-state index is 5.67. The molecule has 0 aliphatic heterocycles. The van der Waals surface area contributed by atoms with Crippen LogP contribution in [0.3, 0.4) is 0 Å². The molecule has 2 rings (SSSR count). The van der Waals surface area contributed by atoms with Gasteiger partial charge in [0, 0.05) is 6.04 Å². The Bertz CT molecular complexity index is 507. The molecule has 0 fully saturated rings. The van der Waals surface area contributed by atoms with E-state index in [0.29, 0.717) is 6.04 Å². The highest BCUT2D eigenvalue weighted by Crippen LogP contribution is 2.17. The van der Waals surface area contributed by atoms with Crippen molar-refractivity contribution in [1.82, 2.24) is 5.43 Å². The zero-order valence-electron chi connectivity index (χ0n) is 11.7. The fourth-order valence-electron chi connectivity index (χ4n) is 2.54. The van der Waals surface area contributed by atoms with Gasteiger partial charge in [-0.25, -0.2) is 0 Å². The monoisotopic (exact) mass is 256 g/mol. The van der Waals surface area contributed by atoms with E-state index in [1.165, 1.54) is 35.6 Å². The second-order valence-corrected chi connectivity index (χ2v) is 5.24. The summed E-state index contributed by atoms with van der Waals surface area (Å²) in [6.07, 6.45) is 5.95. The molecule has 1 unspecified atom stereocenters. The SMILES string of the molecule is CCCCCC(Cc1ccc2ccccc2c1)NN. The largest absolute Gasteiger partial charge is 0.271 e. The second-order valence-electron chi connectivity index (χ2n) is 5.24. The molecule has 2 aromatic carbocycles. The first-order chi connectivity index (χ1) is 9.33. The minimum atomic E-state index is 0.382. The Kier molecular flexibility index (Phi) is 5.37. The van der Waals surface area contributed by atoms with Gasteiger partial charge in [0.1, 0.15) is 0 Å². The van der Waals surface area contributed by atoms with E-state index in [0.717, 1.165) is 12.8 Å². The van der Waals surface area contributed by atoms with Crippen LogP contribution in [0.1, 0.15) is 38.2 Å². The molecule has 0 amide bonds. The number of nitrogens with two attached hydrogens (primary N) is 1. The molecule has 1 atom stereocenters. The van der Waals surface area contributed by atoms with Crippen molar-refractivity contribution in [1.29, 1.82) is 0 Å². The maximum Gasteiger partial charge on any atom is 0.0250 e. The van der Waals surface area contributed by atoms with Crippen molar-refractivity contribution in [2.24, 2.45) is 5.84 Å². The van der Waals surface area contributed by atoms with Crippen LogP contribution in [0.15, 0.2) is 42.5 Å². The van der Waals surface area contributed by atoms with Crippen LogP contribution < -0.4 is 11.3 Å². The van der Waals surface area contributed by atoms with E-state index in [1.807, 2.05) is 0 Å². The summed E-state index contributed by atoms with van der Waals surface area (Å²) in [4.78, 5) is 0. The van der Waals surface area contributed by atoms with Gasteiger partial charge in [-0.3, -0.25) is 11.3 Å². The normalized spacial score (nSPS) is 12.7. The third-order valence-electron chi connectivity index (χ3n) is 3.69. The molecule has 0 aliphatic carbocycles. The van der Waals surface area contributed by atoms with Crippen LogP contribution in [0, 0.1) is 0 Å². The van der Waals surface area contributed by atoms with Gasteiger partial charge in [0.2, 0.25) is 0 Å². The van der Waals surface area contributed by atoms with Crippen molar-refractivity contribution >= 4 is 10.8 Å². The molecule has 102 valence electrons. The number of fused-ring (bicyclic) bond motifs is 1. The van der Waals surface area contributed by atoms with E-state index in [1.54, 1.807) is 0 Å².